The van der Waals surface area contributed by atoms with Crippen LogP contribution in [0.4, 0.5) is 0 Å². The second-order valence-corrected chi connectivity index (χ2v) is 0.892. The minimum Gasteiger partial charge on any atom is -0.478 e. The smallest absolute Gasteiger partial charge is 0.327 e. The number of carbonyl (C=O) groups excluding carboxylic acids is 1. The predicted octanol–water partition coefficient (Wildman–Crippen LogP) is -0.565. The highest BCUT2D eigenvalue weighted by Crippen LogP contribution is 1.54. The molecule has 0 aromatic rings. The quantitative estimate of drug-likeness (QED) is 0.390. The number of aliphatic hydroxyl groups is 1. The Kier molecular flexibility index (Phi) is 11.9. The summed E-state index contributed by atoms with van der Waals surface area (Å²) in [6.45, 7) is 2.60. The Morgan fingerprint density at radius 2 is 1.89 bits per heavy atom. The summed E-state index contributed by atoms with van der Waals surface area (Å²) < 4.78 is 0. The van der Waals surface area contributed by atoms with Crippen molar-refractivity contribution in [1.29, 1.82) is 0 Å². The second-order valence-electron chi connectivity index (χ2n) is 0.892. The normalized spacial score (nSPS) is 6.33. The minimum atomic E-state index is -0.981. The standard InChI is InChI=1S/C3H4O2.C2H4O2/c1-2-3(4)5;3-1-2-4/h2H,1H2,(H,4,5);1,4H,2H2. The van der Waals surface area contributed by atoms with Crippen molar-refractivity contribution in [1.82, 2.24) is 0 Å². The minimum absolute atomic E-state index is 0.361. The van der Waals surface area contributed by atoms with Gasteiger partial charge in [-0.05, 0) is 0 Å². The predicted molar refractivity (Wildman–Crippen MR) is 31.0 cm³/mol. The van der Waals surface area contributed by atoms with E-state index in [0.717, 1.165) is 6.08 Å². The van der Waals surface area contributed by atoms with Gasteiger partial charge in [0.2, 0.25) is 0 Å². The van der Waals surface area contributed by atoms with E-state index in [1.165, 1.54) is 0 Å². The van der Waals surface area contributed by atoms with Crippen LogP contribution in [-0.4, -0.2) is 29.1 Å². The topological polar surface area (TPSA) is 74.6 Å². The van der Waals surface area contributed by atoms with Gasteiger partial charge in [0.25, 0.3) is 0 Å². The summed E-state index contributed by atoms with van der Waals surface area (Å²) in [5.41, 5.74) is 0. The van der Waals surface area contributed by atoms with E-state index in [-0.39, 0.29) is 6.61 Å². The van der Waals surface area contributed by atoms with Gasteiger partial charge in [0.05, 0.1) is 6.61 Å². The zero-order chi connectivity index (χ0) is 7.70. The molecule has 0 spiro atoms. The maximum absolute atomic E-state index is 9.25. The fourth-order valence-corrected chi connectivity index (χ4v) is 0. The number of aldehydes is 1. The Bertz CT molecular complexity index is 97.1. The molecule has 0 heterocycles. The van der Waals surface area contributed by atoms with Crippen molar-refractivity contribution in [3.8, 4) is 0 Å². The number of carboxylic acids is 1. The summed E-state index contributed by atoms with van der Waals surface area (Å²) in [4.78, 5) is 18.2. The average Bonchev–Trinajstić information content (AvgIpc) is 1.89. The highest BCUT2D eigenvalue weighted by Gasteiger charge is 1.73. The molecule has 4 nitrogen and oxygen atoms in total. The Balaban J connectivity index is 0. The third-order valence-electron chi connectivity index (χ3n) is 0.249. The monoisotopic (exact) mass is 132 g/mol. The Labute approximate surface area is 52.4 Å². The van der Waals surface area contributed by atoms with Crippen molar-refractivity contribution in [2.45, 2.75) is 0 Å². The van der Waals surface area contributed by atoms with Gasteiger partial charge in [-0.2, -0.15) is 0 Å². The third-order valence-corrected chi connectivity index (χ3v) is 0.249. The lowest BCUT2D eigenvalue weighted by Crippen LogP contribution is -1.82. The van der Waals surface area contributed by atoms with Crippen LogP contribution >= 0.6 is 0 Å². The van der Waals surface area contributed by atoms with Gasteiger partial charge in [-0.1, -0.05) is 6.58 Å². The lowest BCUT2D eigenvalue weighted by atomic mass is 10.7. The van der Waals surface area contributed by atoms with E-state index in [1.54, 1.807) is 0 Å². The van der Waals surface area contributed by atoms with Crippen LogP contribution in [0.25, 0.3) is 0 Å². The van der Waals surface area contributed by atoms with E-state index < -0.39 is 5.97 Å². The van der Waals surface area contributed by atoms with E-state index in [4.69, 9.17) is 15.0 Å². The van der Waals surface area contributed by atoms with E-state index in [2.05, 4.69) is 6.58 Å². The van der Waals surface area contributed by atoms with Gasteiger partial charge < -0.3 is 15.0 Å². The van der Waals surface area contributed by atoms with Gasteiger partial charge in [-0.25, -0.2) is 4.79 Å². The highest BCUT2D eigenvalue weighted by atomic mass is 16.4. The zero-order valence-corrected chi connectivity index (χ0v) is 4.78. The number of rotatable bonds is 2. The van der Waals surface area contributed by atoms with Crippen LogP contribution in [0.5, 0.6) is 0 Å². The molecule has 0 aliphatic carbocycles. The van der Waals surface area contributed by atoms with Crippen molar-refractivity contribution in [3.63, 3.8) is 0 Å². The first-order valence-electron chi connectivity index (χ1n) is 2.08. The van der Waals surface area contributed by atoms with Gasteiger partial charge in [-0.3, -0.25) is 0 Å². The van der Waals surface area contributed by atoms with Crippen molar-refractivity contribution >= 4 is 12.3 Å². The molecule has 0 rings (SSSR count). The van der Waals surface area contributed by atoms with Crippen LogP contribution < -0.4 is 0 Å². The first-order chi connectivity index (χ1) is 4.18. The molecule has 0 unspecified atom stereocenters. The molecule has 0 aliphatic heterocycles. The summed E-state index contributed by atoms with van der Waals surface area (Å²) >= 11 is 0. The summed E-state index contributed by atoms with van der Waals surface area (Å²) in [6.07, 6.45) is 1.26. The SMILES string of the molecule is C=CC(=O)O.O=CCO. The van der Waals surface area contributed by atoms with E-state index in [0.29, 0.717) is 6.29 Å². The number of carboxylic acid groups (broad SMARTS) is 1. The van der Waals surface area contributed by atoms with E-state index >= 15 is 0 Å². The van der Waals surface area contributed by atoms with Crippen molar-refractivity contribution in [3.05, 3.63) is 12.7 Å². The van der Waals surface area contributed by atoms with Gasteiger partial charge in [-0.15, -0.1) is 0 Å². The van der Waals surface area contributed by atoms with Crippen LogP contribution in [0.2, 0.25) is 0 Å². The number of carbonyl (C=O) groups is 2. The van der Waals surface area contributed by atoms with Crippen LogP contribution in [0.15, 0.2) is 12.7 Å². The lowest BCUT2D eigenvalue weighted by Gasteiger charge is -1.64. The number of hydrogen-bond acceptors (Lipinski definition) is 3. The first-order valence-corrected chi connectivity index (χ1v) is 2.08. The summed E-state index contributed by atoms with van der Waals surface area (Å²) in [5, 5.41) is 15.1. The summed E-state index contributed by atoms with van der Waals surface area (Å²) in [5.74, 6) is -0.981. The number of aliphatic hydroxyl groups excluding tert-OH is 1. The van der Waals surface area contributed by atoms with Crippen molar-refractivity contribution < 1.29 is 19.8 Å². The van der Waals surface area contributed by atoms with Gasteiger partial charge in [0, 0.05) is 6.08 Å². The molecule has 0 aliphatic rings. The van der Waals surface area contributed by atoms with Crippen molar-refractivity contribution in [2.24, 2.45) is 0 Å². The Morgan fingerprint density at radius 3 is 1.89 bits per heavy atom. The molecule has 0 aromatic carbocycles. The first kappa shape index (κ1) is 10.8. The molecule has 52 valence electrons. The molecule has 0 saturated heterocycles. The number of aliphatic carboxylic acids is 1. The summed E-state index contributed by atoms with van der Waals surface area (Å²) in [7, 11) is 0. The molecule has 2 N–H and O–H groups in total. The molecule has 0 bridgehead atoms. The van der Waals surface area contributed by atoms with Crippen LogP contribution in [0.1, 0.15) is 0 Å². The van der Waals surface area contributed by atoms with Crippen molar-refractivity contribution in [2.75, 3.05) is 6.61 Å². The van der Waals surface area contributed by atoms with Crippen LogP contribution in [0, 0.1) is 0 Å². The molecule has 0 saturated carbocycles. The molecular formula is C5H8O4. The van der Waals surface area contributed by atoms with Gasteiger partial charge >= 0.3 is 5.97 Å². The van der Waals surface area contributed by atoms with Crippen LogP contribution in [-0.2, 0) is 9.59 Å². The van der Waals surface area contributed by atoms with E-state index in [1.807, 2.05) is 0 Å². The third kappa shape index (κ3) is 47.3. The zero-order valence-electron chi connectivity index (χ0n) is 4.78. The van der Waals surface area contributed by atoms with Gasteiger partial charge in [0.1, 0.15) is 6.29 Å². The molecule has 9 heavy (non-hydrogen) atoms. The molecular weight excluding hydrogens is 124 g/mol. The highest BCUT2D eigenvalue weighted by molar-refractivity contribution is 5.78. The maximum atomic E-state index is 9.25. The maximum Gasteiger partial charge on any atom is 0.327 e. The molecule has 0 amide bonds. The Morgan fingerprint density at radius 1 is 1.67 bits per heavy atom. The summed E-state index contributed by atoms with van der Waals surface area (Å²) in [6, 6.07) is 0. The fraction of sp³-hybridized carbons (Fsp3) is 0.200. The second kappa shape index (κ2) is 9.96. The van der Waals surface area contributed by atoms with Crippen LogP contribution in [0.3, 0.4) is 0 Å². The molecule has 0 fully saturated rings. The number of hydrogen-bond donors (Lipinski definition) is 2. The lowest BCUT2D eigenvalue weighted by molar-refractivity contribution is -0.131. The molecule has 0 aromatic heterocycles. The largest absolute Gasteiger partial charge is 0.478 e. The average molecular weight is 132 g/mol. The molecule has 0 atom stereocenters. The fourth-order valence-electron chi connectivity index (χ4n) is 0. The Hall–Kier alpha value is -1.16. The van der Waals surface area contributed by atoms with Gasteiger partial charge in [0.15, 0.2) is 0 Å². The molecule has 0 radical (unpaired) electrons. The molecule has 4 heteroatoms. The van der Waals surface area contributed by atoms with E-state index in [9.17, 15) is 4.79 Å².